The lowest BCUT2D eigenvalue weighted by atomic mass is 9.68. The molecule has 102 valence electrons. The number of aromatic amines is 1. The van der Waals surface area contributed by atoms with Gasteiger partial charge in [-0.25, -0.2) is 14.4 Å². The fraction of sp³-hybridized carbons (Fsp3) is 0.545. The molecule has 4 atom stereocenters. The number of imidazole rings is 1. The van der Waals surface area contributed by atoms with Crippen LogP contribution in [0.4, 0.5) is 4.39 Å². The maximum absolute atomic E-state index is 14.0. The fourth-order valence-corrected chi connectivity index (χ4v) is 2.73. The second kappa shape index (κ2) is 4.39. The number of alkyl halides is 1. The van der Waals surface area contributed by atoms with E-state index in [1.54, 1.807) is 0 Å². The Morgan fingerprint density at radius 2 is 2.05 bits per heavy atom. The summed E-state index contributed by atoms with van der Waals surface area (Å²) < 4.78 is 15.2. The van der Waals surface area contributed by atoms with Gasteiger partial charge in [0.1, 0.15) is 12.5 Å². The summed E-state index contributed by atoms with van der Waals surface area (Å²) in [7, 11) is 0. The monoisotopic (exact) mass is 268 g/mol. The highest BCUT2D eigenvalue weighted by atomic mass is 19.1. The Kier molecular flexibility index (Phi) is 2.83. The second-order valence-electron chi connectivity index (χ2n) is 4.69. The van der Waals surface area contributed by atoms with E-state index in [-0.39, 0.29) is 24.4 Å². The summed E-state index contributed by atoms with van der Waals surface area (Å²) in [6.07, 6.45) is 1.21. The minimum atomic E-state index is -1.37. The molecule has 0 amide bonds. The molecule has 0 spiro atoms. The van der Waals surface area contributed by atoms with Gasteiger partial charge in [-0.3, -0.25) is 9.36 Å². The van der Waals surface area contributed by atoms with E-state index in [1.807, 2.05) is 0 Å². The van der Waals surface area contributed by atoms with E-state index >= 15 is 0 Å². The summed E-state index contributed by atoms with van der Waals surface area (Å²) in [5.74, 6) is -1.13. The van der Waals surface area contributed by atoms with Crippen LogP contribution >= 0.6 is 0 Å². The Bertz CT molecular complexity index is 655. The lowest BCUT2D eigenvalue weighted by Crippen LogP contribution is -2.55. The Labute approximate surface area is 106 Å². The van der Waals surface area contributed by atoms with Crippen molar-refractivity contribution >= 4 is 11.2 Å². The van der Waals surface area contributed by atoms with Gasteiger partial charge in [-0.05, 0) is 0 Å². The minimum absolute atomic E-state index is 0.207. The number of aliphatic hydroxyl groups is 2. The SMILES string of the molecule is O=c1c2[nH]cnc2ncn1C1C(F)C(CO)C1CO. The van der Waals surface area contributed by atoms with E-state index in [0.29, 0.717) is 0 Å². The summed E-state index contributed by atoms with van der Waals surface area (Å²) >= 11 is 0. The van der Waals surface area contributed by atoms with Crippen LogP contribution in [0.3, 0.4) is 0 Å². The largest absolute Gasteiger partial charge is 0.396 e. The number of rotatable bonds is 3. The molecule has 0 radical (unpaired) electrons. The molecule has 2 aromatic heterocycles. The number of aromatic nitrogens is 4. The van der Waals surface area contributed by atoms with Crippen LogP contribution in [-0.4, -0.2) is 49.1 Å². The molecule has 0 aliphatic heterocycles. The summed E-state index contributed by atoms with van der Waals surface area (Å²) in [4.78, 5) is 22.6. The van der Waals surface area contributed by atoms with Gasteiger partial charge in [0.15, 0.2) is 11.2 Å². The predicted molar refractivity (Wildman–Crippen MR) is 63.2 cm³/mol. The van der Waals surface area contributed by atoms with Crippen molar-refractivity contribution in [3.05, 3.63) is 23.0 Å². The van der Waals surface area contributed by atoms with Crippen molar-refractivity contribution in [3.8, 4) is 0 Å². The molecule has 1 fully saturated rings. The Morgan fingerprint density at radius 3 is 2.74 bits per heavy atom. The van der Waals surface area contributed by atoms with Crippen molar-refractivity contribution in [2.75, 3.05) is 13.2 Å². The lowest BCUT2D eigenvalue weighted by Gasteiger charge is -2.46. The average molecular weight is 268 g/mol. The predicted octanol–water partition coefficient (Wildman–Crippen LogP) is -0.771. The van der Waals surface area contributed by atoms with Crippen molar-refractivity contribution < 1.29 is 14.6 Å². The number of aliphatic hydroxyl groups excluding tert-OH is 2. The lowest BCUT2D eigenvalue weighted by molar-refractivity contribution is -0.0872. The number of nitrogens with zero attached hydrogens (tertiary/aromatic N) is 3. The normalized spacial score (nSPS) is 30.5. The maximum Gasteiger partial charge on any atom is 0.279 e. The Hall–Kier alpha value is -1.80. The summed E-state index contributed by atoms with van der Waals surface area (Å²) in [6.45, 7) is -0.638. The van der Waals surface area contributed by atoms with Crippen LogP contribution in [-0.2, 0) is 0 Å². The van der Waals surface area contributed by atoms with E-state index in [1.165, 1.54) is 12.7 Å². The number of H-pyrrole nitrogens is 1. The molecular formula is C11H13FN4O3. The van der Waals surface area contributed by atoms with Gasteiger partial charge in [0, 0.05) is 25.0 Å². The van der Waals surface area contributed by atoms with Crippen LogP contribution in [0.25, 0.3) is 11.2 Å². The molecule has 3 rings (SSSR count). The molecule has 0 aromatic carbocycles. The van der Waals surface area contributed by atoms with E-state index < -0.39 is 29.6 Å². The zero-order valence-electron chi connectivity index (χ0n) is 9.90. The molecule has 1 aliphatic rings. The molecule has 7 nitrogen and oxygen atoms in total. The van der Waals surface area contributed by atoms with Crippen molar-refractivity contribution in [2.45, 2.75) is 12.2 Å². The maximum atomic E-state index is 14.0. The number of hydrogen-bond donors (Lipinski definition) is 3. The summed E-state index contributed by atoms with van der Waals surface area (Å²) in [5, 5.41) is 18.3. The highest BCUT2D eigenvalue weighted by Gasteiger charge is 2.51. The molecule has 2 heterocycles. The van der Waals surface area contributed by atoms with Gasteiger partial charge in [0.25, 0.3) is 5.56 Å². The quantitative estimate of drug-likeness (QED) is 0.678. The highest BCUT2D eigenvalue weighted by molar-refractivity contribution is 5.67. The zero-order chi connectivity index (χ0) is 13.6. The third kappa shape index (κ3) is 1.60. The van der Waals surface area contributed by atoms with Gasteiger partial charge in [0.05, 0.1) is 12.4 Å². The van der Waals surface area contributed by atoms with Crippen LogP contribution in [0.5, 0.6) is 0 Å². The van der Waals surface area contributed by atoms with Crippen LogP contribution in [0, 0.1) is 11.8 Å². The third-order valence-electron chi connectivity index (χ3n) is 3.84. The van der Waals surface area contributed by atoms with Crippen LogP contribution in [0.15, 0.2) is 17.4 Å². The molecule has 3 N–H and O–H groups in total. The number of nitrogens with one attached hydrogen (secondary N) is 1. The summed E-state index contributed by atoms with van der Waals surface area (Å²) in [6, 6.07) is -0.796. The van der Waals surface area contributed by atoms with Crippen LogP contribution in [0.1, 0.15) is 6.04 Å². The minimum Gasteiger partial charge on any atom is -0.396 e. The van der Waals surface area contributed by atoms with Crippen molar-refractivity contribution in [1.29, 1.82) is 0 Å². The van der Waals surface area contributed by atoms with Crippen molar-refractivity contribution in [3.63, 3.8) is 0 Å². The Balaban J connectivity index is 2.05. The van der Waals surface area contributed by atoms with Gasteiger partial charge in [-0.15, -0.1) is 0 Å². The van der Waals surface area contributed by atoms with Crippen LogP contribution in [0.2, 0.25) is 0 Å². The first-order valence-corrected chi connectivity index (χ1v) is 5.95. The van der Waals surface area contributed by atoms with Gasteiger partial charge in [0.2, 0.25) is 0 Å². The molecular weight excluding hydrogens is 255 g/mol. The summed E-state index contributed by atoms with van der Waals surface area (Å²) in [5.41, 5.74) is 0.0547. The molecule has 0 bridgehead atoms. The standard InChI is InChI=1S/C11H13FN4O3/c12-7-5(1-17)6(2-18)9(7)16-4-15-10-8(11(16)19)13-3-14-10/h3-7,9,17-18H,1-2H2,(H,13,14). The fourth-order valence-electron chi connectivity index (χ4n) is 2.73. The van der Waals surface area contributed by atoms with Gasteiger partial charge in [-0.1, -0.05) is 0 Å². The second-order valence-corrected chi connectivity index (χ2v) is 4.69. The molecule has 2 aromatic rings. The first-order valence-electron chi connectivity index (χ1n) is 5.95. The number of hydrogen-bond acceptors (Lipinski definition) is 5. The smallest absolute Gasteiger partial charge is 0.279 e. The van der Waals surface area contributed by atoms with Gasteiger partial charge in [-0.2, -0.15) is 0 Å². The van der Waals surface area contributed by atoms with E-state index in [0.717, 1.165) is 4.57 Å². The molecule has 1 saturated carbocycles. The first kappa shape index (κ1) is 12.2. The van der Waals surface area contributed by atoms with Crippen molar-refractivity contribution in [2.24, 2.45) is 11.8 Å². The van der Waals surface area contributed by atoms with Gasteiger partial charge < -0.3 is 15.2 Å². The van der Waals surface area contributed by atoms with Crippen molar-refractivity contribution in [1.82, 2.24) is 19.5 Å². The molecule has 0 saturated heterocycles. The highest BCUT2D eigenvalue weighted by Crippen LogP contribution is 2.45. The third-order valence-corrected chi connectivity index (χ3v) is 3.84. The molecule has 1 aliphatic carbocycles. The van der Waals surface area contributed by atoms with E-state index in [4.69, 9.17) is 5.11 Å². The first-order chi connectivity index (χ1) is 9.19. The van der Waals surface area contributed by atoms with Crippen LogP contribution < -0.4 is 5.56 Å². The molecule has 4 unspecified atom stereocenters. The van der Waals surface area contributed by atoms with E-state index in [9.17, 15) is 14.3 Å². The molecule has 19 heavy (non-hydrogen) atoms. The van der Waals surface area contributed by atoms with Gasteiger partial charge >= 0.3 is 0 Å². The van der Waals surface area contributed by atoms with E-state index in [2.05, 4.69) is 15.0 Å². The topological polar surface area (TPSA) is 104 Å². The number of halogens is 1. The average Bonchev–Trinajstić information content (AvgIpc) is 2.88. The number of fused-ring (bicyclic) bond motifs is 1. The Morgan fingerprint density at radius 1 is 1.32 bits per heavy atom. The zero-order valence-corrected chi connectivity index (χ0v) is 9.90. The molecule has 8 heteroatoms.